The summed E-state index contributed by atoms with van der Waals surface area (Å²) >= 11 is 0. The van der Waals surface area contributed by atoms with Gasteiger partial charge in [0.15, 0.2) is 11.5 Å². The number of nitrogens with one attached hydrogen (secondary N) is 1. The Bertz CT molecular complexity index is 958. The van der Waals surface area contributed by atoms with Crippen LogP contribution in [-0.4, -0.2) is 34.7 Å². The average Bonchev–Trinajstić information content (AvgIpc) is 3.10. The number of quaternary nitrogens is 1. The van der Waals surface area contributed by atoms with E-state index in [4.69, 9.17) is 4.52 Å². The maximum Gasteiger partial charge on any atom is 0.452 e. The van der Waals surface area contributed by atoms with Crippen molar-refractivity contribution in [1.29, 1.82) is 0 Å². The first kappa shape index (κ1) is 18.8. The number of aromatic nitrogens is 1. The van der Waals surface area contributed by atoms with Gasteiger partial charge in [0.05, 0.1) is 5.56 Å². The minimum Gasteiger partial charge on any atom is -0.359 e. The molecule has 0 radical (unpaired) electrons. The summed E-state index contributed by atoms with van der Waals surface area (Å²) in [6.07, 6.45) is -4.12. The van der Waals surface area contributed by atoms with Gasteiger partial charge in [-0.15, -0.1) is 0 Å². The molecule has 3 rings (SSSR count). The zero-order valence-electron chi connectivity index (χ0n) is 14.6. The van der Waals surface area contributed by atoms with Gasteiger partial charge >= 0.3 is 12.2 Å². The molecule has 0 fully saturated rings. The lowest BCUT2D eigenvalue weighted by Gasteiger charge is -2.24. The Labute approximate surface area is 151 Å². The van der Waals surface area contributed by atoms with E-state index >= 15 is 0 Å². The van der Waals surface area contributed by atoms with E-state index in [0.717, 1.165) is 13.1 Å². The fraction of sp³-hybridized carbons (Fsp3) is 0.235. The van der Waals surface area contributed by atoms with E-state index in [1.165, 1.54) is 25.1 Å². The number of carbonyl (C=O) groups excluding carboxylic acids is 1. The zero-order valence-corrected chi connectivity index (χ0v) is 14.6. The van der Waals surface area contributed by atoms with Gasteiger partial charge in [0, 0.05) is 6.08 Å². The number of allylic oxidation sites excluding steroid dienone is 1. The molecule has 6 nitrogen and oxygen atoms in total. The Morgan fingerprint density at radius 2 is 1.89 bits per heavy atom. The molecule has 2 aromatic rings. The Morgan fingerprint density at radius 1 is 1.22 bits per heavy atom. The summed E-state index contributed by atoms with van der Waals surface area (Å²) in [6, 6.07) is 4.32. The van der Waals surface area contributed by atoms with Crippen molar-refractivity contribution in [2.45, 2.75) is 20.0 Å². The van der Waals surface area contributed by atoms with Crippen LogP contribution in [0, 0.1) is 19.7 Å². The van der Waals surface area contributed by atoms with Crippen molar-refractivity contribution < 1.29 is 31.5 Å². The first-order valence-corrected chi connectivity index (χ1v) is 7.79. The molecular weight excluding hydrogens is 368 g/mol. The molecule has 2 heterocycles. The van der Waals surface area contributed by atoms with E-state index in [9.17, 15) is 22.4 Å². The van der Waals surface area contributed by atoms with E-state index in [1.807, 2.05) is 0 Å². The average molecular weight is 383 g/mol. The highest BCUT2D eigenvalue weighted by molar-refractivity contribution is 6.07. The maximum absolute atomic E-state index is 14.2. The number of anilines is 1. The monoisotopic (exact) mass is 383 g/mol. The molecule has 1 atom stereocenters. The number of alkyl halides is 3. The number of halogens is 4. The fourth-order valence-electron chi connectivity index (χ4n) is 2.71. The number of amides is 2. The first-order valence-electron chi connectivity index (χ1n) is 7.79. The molecule has 0 saturated heterocycles. The van der Waals surface area contributed by atoms with Gasteiger partial charge in [-0.2, -0.15) is 13.2 Å². The van der Waals surface area contributed by atoms with Crippen molar-refractivity contribution in [2.24, 2.45) is 5.10 Å². The lowest BCUT2D eigenvalue weighted by molar-refractivity contribution is -0.756. The molecule has 1 aromatic carbocycles. The van der Waals surface area contributed by atoms with Crippen molar-refractivity contribution >= 4 is 23.1 Å². The molecule has 1 N–H and O–H groups in total. The van der Waals surface area contributed by atoms with Crippen LogP contribution in [0.4, 0.5) is 28.0 Å². The van der Waals surface area contributed by atoms with Gasteiger partial charge in [-0.1, -0.05) is 27.0 Å². The second-order valence-electron chi connectivity index (χ2n) is 6.08. The summed E-state index contributed by atoms with van der Waals surface area (Å²) in [7, 11) is 1.14. The predicted octanol–water partition coefficient (Wildman–Crippen LogP) is 4.38. The lowest BCUT2D eigenvalue weighted by atomic mass is 10.1. The highest BCUT2D eigenvalue weighted by Crippen LogP contribution is 2.37. The second-order valence-corrected chi connectivity index (χ2v) is 6.08. The standard InChI is InChI=1S/C17H14F4N4O2/c1-9-15(10(2)27-24-9)22-16(26)25(3)13(8-14(23-25)17(19,20)21)11-6-4-5-7-12(11)18/h4-8H,1-3H3/p+1. The van der Waals surface area contributed by atoms with Gasteiger partial charge in [0.1, 0.15) is 24.2 Å². The number of urea groups is 1. The van der Waals surface area contributed by atoms with Crippen LogP contribution in [0.3, 0.4) is 0 Å². The Hall–Kier alpha value is -3.01. The van der Waals surface area contributed by atoms with Crippen LogP contribution in [-0.2, 0) is 0 Å². The topological polar surface area (TPSA) is 67.5 Å². The first-order chi connectivity index (χ1) is 12.5. The zero-order chi connectivity index (χ0) is 20.0. The number of benzene rings is 1. The SMILES string of the molecule is Cc1noc(C)c1NC(=O)[N+]1(C)N=C(C(F)(F)F)C=C1c1ccccc1F. The van der Waals surface area contributed by atoms with Gasteiger partial charge < -0.3 is 4.52 Å². The summed E-state index contributed by atoms with van der Waals surface area (Å²) in [4.78, 5) is 12.9. The molecule has 0 aliphatic carbocycles. The minimum absolute atomic E-state index is 0.156. The van der Waals surface area contributed by atoms with Gasteiger partial charge in [0.2, 0.25) is 5.71 Å². The predicted molar refractivity (Wildman–Crippen MR) is 89.0 cm³/mol. The number of aryl methyl sites for hydroxylation is 2. The smallest absolute Gasteiger partial charge is 0.359 e. The van der Waals surface area contributed by atoms with Gasteiger partial charge in [0.25, 0.3) is 0 Å². The molecule has 0 saturated carbocycles. The van der Waals surface area contributed by atoms with Crippen LogP contribution in [0.2, 0.25) is 0 Å². The molecule has 27 heavy (non-hydrogen) atoms. The molecule has 0 spiro atoms. The molecule has 1 aliphatic rings. The second kappa shape index (κ2) is 6.31. The number of hydrogen-bond acceptors (Lipinski definition) is 4. The van der Waals surface area contributed by atoms with E-state index in [-0.39, 0.29) is 22.7 Å². The number of nitrogens with zero attached hydrogens (tertiary/aromatic N) is 3. The Morgan fingerprint density at radius 3 is 2.44 bits per heavy atom. The van der Waals surface area contributed by atoms with Gasteiger partial charge in [-0.25, -0.2) is 9.18 Å². The van der Waals surface area contributed by atoms with Crippen LogP contribution in [0.25, 0.3) is 5.70 Å². The summed E-state index contributed by atoms with van der Waals surface area (Å²) in [5, 5.41) is 9.69. The third-order valence-corrected chi connectivity index (χ3v) is 4.15. The summed E-state index contributed by atoms with van der Waals surface area (Å²) in [6.45, 7) is 3.10. The molecule has 1 unspecified atom stereocenters. The molecule has 0 bridgehead atoms. The number of rotatable bonds is 2. The molecule has 1 aromatic heterocycles. The van der Waals surface area contributed by atoms with E-state index < -0.39 is 28.3 Å². The van der Waals surface area contributed by atoms with E-state index in [2.05, 4.69) is 15.6 Å². The van der Waals surface area contributed by atoms with E-state index in [0.29, 0.717) is 11.8 Å². The number of hydrogen-bond donors (Lipinski definition) is 1. The van der Waals surface area contributed by atoms with Gasteiger partial charge in [-0.3, -0.25) is 5.32 Å². The molecule has 142 valence electrons. The van der Waals surface area contributed by atoms with Crippen LogP contribution < -0.4 is 5.32 Å². The summed E-state index contributed by atoms with van der Waals surface area (Å²) in [5.74, 6) is -0.486. The normalized spacial score (nSPS) is 19.7. The van der Waals surface area contributed by atoms with Crippen LogP contribution in [0.15, 0.2) is 40.0 Å². The van der Waals surface area contributed by atoms with Gasteiger partial charge in [-0.05, 0) is 26.0 Å². The van der Waals surface area contributed by atoms with Crippen molar-refractivity contribution in [3.05, 3.63) is 53.2 Å². The maximum atomic E-state index is 14.2. The molecule has 2 amide bonds. The van der Waals surface area contributed by atoms with Crippen LogP contribution in [0.1, 0.15) is 17.0 Å². The van der Waals surface area contributed by atoms with Crippen molar-refractivity contribution in [3.63, 3.8) is 0 Å². The van der Waals surface area contributed by atoms with Crippen molar-refractivity contribution in [3.8, 4) is 0 Å². The molecule has 10 heteroatoms. The van der Waals surface area contributed by atoms with Crippen LogP contribution >= 0.6 is 0 Å². The Kier molecular flexibility index (Phi) is 4.38. The molecular formula is C17H15F4N4O2+. The minimum atomic E-state index is -4.80. The summed E-state index contributed by atoms with van der Waals surface area (Å²) < 4.78 is 57.7. The third kappa shape index (κ3) is 3.23. The highest BCUT2D eigenvalue weighted by atomic mass is 19.4. The number of carbonyl (C=O) groups is 1. The highest BCUT2D eigenvalue weighted by Gasteiger charge is 2.51. The van der Waals surface area contributed by atoms with Crippen LogP contribution in [0.5, 0.6) is 0 Å². The summed E-state index contributed by atoms with van der Waals surface area (Å²) in [5.41, 5.74) is -1.11. The molecule has 1 aliphatic heterocycles. The van der Waals surface area contributed by atoms with Crippen molar-refractivity contribution in [2.75, 3.05) is 12.4 Å². The Balaban J connectivity index is 2.09. The largest absolute Gasteiger partial charge is 0.452 e. The lowest BCUT2D eigenvalue weighted by Crippen LogP contribution is -2.45. The fourth-order valence-corrected chi connectivity index (χ4v) is 2.71. The quantitative estimate of drug-likeness (QED) is 0.618. The van der Waals surface area contributed by atoms with Crippen molar-refractivity contribution in [1.82, 2.24) is 5.16 Å². The third-order valence-electron chi connectivity index (χ3n) is 4.15. The van der Waals surface area contributed by atoms with E-state index in [1.54, 1.807) is 6.92 Å².